The van der Waals surface area contributed by atoms with Gasteiger partial charge in [0.2, 0.25) is 5.91 Å². The summed E-state index contributed by atoms with van der Waals surface area (Å²) in [5, 5.41) is 0. The molecule has 0 aromatic heterocycles. The molecule has 0 spiro atoms. The van der Waals surface area contributed by atoms with E-state index >= 15 is 0 Å². The van der Waals surface area contributed by atoms with Crippen LogP contribution in [0.3, 0.4) is 0 Å². The van der Waals surface area contributed by atoms with E-state index in [1.54, 1.807) is 30.6 Å². The van der Waals surface area contributed by atoms with Crippen LogP contribution < -0.4 is 0 Å². The third-order valence-corrected chi connectivity index (χ3v) is 3.99. The Morgan fingerprint density at radius 1 is 1.24 bits per heavy atom. The maximum absolute atomic E-state index is 11.9. The van der Waals surface area contributed by atoms with Gasteiger partial charge in [-0.05, 0) is 19.4 Å². The van der Waals surface area contributed by atoms with Crippen molar-refractivity contribution in [1.29, 1.82) is 0 Å². The van der Waals surface area contributed by atoms with Gasteiger partial charge in [-0.15, -0.1) is 11.8 Å². The minimum absolute atomic E-state index is 0.0383. The van der Waals surface area contributed by atoms with Crippen molar-refractivity contribution in [3.05, 3.63) is 35.4 Å². The van der Waals surface area contributed by atoms with Gasteiger partial charge in [0.15, 0.2) is 0 Å². The third kappa shape index (κ3) is 7.18. The van der Waals surface area contributed by atoms with Crippen molar-refractivity contribution in [2.75, 3.05) is 26.0 Å². The van der Waals surface area contributed by atoms with Gasteiger partial charge in [0.25, 0.3) is 0 Å². The molecule has 0 unspecified atom stereocenters. The Balaban J connectivity index is 2.23. The molecule has 1 rings (SSSR count). The zero-order chi connectivity index (χ0) is 15.7. The third-order valence-electron chi connectivity index (χ3n) is 3.00. The number of carbonyl (C=O) groups is 2. The standard InChI is InChI=1S/C16H23NO3S/c1-4-20-16(19)9-10-17(3)15(18)12-21-11-14-7-5-13(2)6-8-14/h5-8H,4,9-12H2,1-3H3. The average Bonchev–Trinajstić information content (AvgIpc) is 2.47. The highest BCUT2D eigenvalue weighted by molar-refractivity contribution is 7.99. The van der Waals surface area contributed by atoms with Gasteiger partial charge < -0.3 is 9.64 Å². The van der Waals surface area contributed by atoms with Crippen LogP contribution in [0.1, 0.15) is 24.5 Å². The first-order valence-corrected chi connectivity index (χ1v) is 8.21. The predicted molar refractivity (Wildman–Crippen MR) is 86.2 cm³/mol. The van der Waals surface area contributed by atoms with Gasteiger partial charge >= 0.3 is 5.97 Å². The van der Waals surface area contributed by atoms with Crippen molar-refractivity contribution in [3.63, 3.8) is 0 Å². The number of hydrogen-bond acceptors (Lipinski definition) is 4. The Morgan fingerprint density at radius 3 is 2.52 bits per heavy atom. The largest absolute Gasteiger partial charge is 0.466 e. The summed E-state index contributed by atoms with van der Waals surface area (Å²) in [6.45, 7) is 4.61. The molecule has 0 radical (unpaired) electrons. The van der Waals surface area contributed by atoms with E-state index in [4.69, 9.17) is 4.74 Å². The fraction of sp³-hybridized carbons (Fsp3) is 0.500. The second-order valence-electron chi connectivity index (χ2n) is 4.85. The molecule has 1 aromatic rings. The van der Waals surface area contributed by atoms with Gasteiger partial charge in [0.05, 0.1) is 18.8 Å². The van der Waals surface area contributed by atoms with Crippen LogP contribution in [0, 0.1) is 6.92 Å². The van der Waals surface area contributed by atoms with Gasteiger partial charge in [0, 0.05) is 19.3 Å². The molecule has 0 saturated heterocycles. The molecule has 0 fully saturated rings. The maximum atomic E-state index is 11.9. The summed E-state index contributed by atoms with van der Waals surface area (Å²) in [4.78, 5) is 24.7. The van der Waals surface area contributed by atoms with E-state index in [0.29, 0.717) is 18.9 Å². The average molecular weight is 309 g/mol. The van der Waals surface area contributed by atoms with Crippen molar-refractivity contribution in [2.24, 2.45) is 0 Å². The number of esters is 1. The first-order chi connectivity index (χ1) is 10.0. The van der Waals surface area contributed by atoms with Gasteiger partial charge in [-0.25, -0.2) is 0 Å². The lowest BCUT2D eigenvalue weighted by atomic mass is 10.2. The maximum Gasteiger partial charge on any atom is 0.307 e. The lowest BCUT2D eigenvalue weighted by Gasteiger charge is -2.16. The van der Waals surface area contributed by atoms with Crippen LogP contribution >= 0.6 is 11.8 Å². The van der Waals surface area contributed by atoms with Crippen LogP contribution in [0.4, 0.5) is 0 Å². The second-order valence-corrected chi connectivity index (χ2v) is 5.83. The molecule has 0 atom stereocenters. The summed E-state index contributed by atoms with van der Waals surface area (Å²) >= 11 is 1.59. The fourth-order valence-electron chi connectivity index (χ4n) is 1.67. The Kier molecular flexibility index (Phi) is 7.90. The van der Waals surface area contributed by atoms with E-state index in [9.17, 15) is 9.59 Å². The highest BCUT2D eigenvalue weighted by atomic mass is 32.2. The number of aryl methyl sites for hydroxylation is 1. The second kappa shape index (κ2) is 9.45. The Hall–Kier alpha value is -1.49. The lowest BCUT2D eigenvalue weighted by molar-refractivity contribution is -0.143. The number of thioether (sulfide) groups is 1. The summed E-state index contributed by atoms with van der Waals surface area (Å²) in [5.74, 6) is 1.02. The fourth-order valence-corrected chi connectivity index (χ4v) is 2.59. The van der Waals surface area contributed by atoms with Crippen LogP contribution in [-0.2, 0) is 20.1 Å². The van der Waals surface area contributed by atoms with E-state index in [1.807, 2.05) is 0 Å². The number of ether oxygens (including phenoxy) is 1. The first-order valence-electron chi connectivity index (χ1n) is 7.05. The Bertz CT molecular complexity index is 459. The molecule has 0 aliphatic rings. The van der Waals surface area contributed by atoms with E-state index in [1.165, 1.54) is 11.1 Å². The molecule has 0 N–H and O–H groups in total. The summed E-state index contributed by atoms with van der Waals surface area (Å²) in [6.07, 6.45) is 0.249. The topological polar surface area (TPSA) is 46.6 Å². The molecule has 116 valence electrons. The Labute approximate surface area is 130 Å². The molecular formula is C16H23NO3S. The zero-order valence-corrected chi connectivity index (χ0v) is 13.7. The summed E-state index contributed by atoms with van der Waals surface area (Å²) < 4.78 is 4.84. The molecule has 1 amide bonds. The van der Waals surface area contributed by atoms with E-state index in [0.717, 1.165) is 5.75 Å². The number of amides is 1. The minimum Gasteiger partial charge on any atom is -0.466 e. The molecule has 0 bridgehead atoms. The first kappa shape index (κ1) is 17.6. The molecule has 0 aliphatic heterocycles. The summed E-state index contributed by atoms with van der Waals surface area (Å²) in [5.41, 5.74) is 2.45. The molecule has 4 nitrogen and oxygen atoms in total. The van der Waals surface area contributed by atoms with Crippen LogP contribution in [0.25, 0.3) is 0 Å². The summed E-state index contributed by atoms with van der Waals surface area (Å²) in [7, 11) is 1.72. The molecule has 21 heavy (non-hydrogen) atoms. The smallest absolute Gasteiger partial charge is 0.307 e. The van der Waals surface area contributed by atoms with Crippen LogP contribution in [0.5, 0.6) is 0 Å². The van der Waals surface area contributed by atoms with E-state index in [2.05, 4.69) is 31.2 Å². The molecule has 0 saturated carbocycles. The van der Waals surface area contributed by atoms with Crippen LogP contribution in [-0.4, -0.2) is 42.7 Å². The molecule has 5 heteroatoms. The van der Waals surface area contributed by atoms with Gasteiger partial charge in [-0.2, -0.15) is 0 Å². The minimum atomic E-state index is -0.260. The predicted octanol–water partition coefficient (Wildman–Crippen LogP) is 2.64. The lowest BCUT2D eigenvalue weighted by Crippen LogP contribution is -2.30. The quantitative estimate of drug-likeness (QED) is 0.693. The van der Waals surface area contributed by atoms with Crippen molar-refractivity contribution >= 4 is 23.6 Å². The number of hydrogen-bond donors (Lipinski definition) is 0. The van der Waals surface area contributed by atoms with Crippen LogP contribution in [0.15, 0.2) is 24.3 Å². The van der Waals surface area contributed by atoms with Crippen molar-refractivity contribution in [1.82, 2.24) is 4.90 Å². The van der Waals surface area contributed by atoms with Crippen molar-refractivity contribution in [3.8, 4) is 0 Å². The number of carbonyl (C=O) groups excluding carboxylic acids is 2. The normalized spacial score (nSPS) is 10.2. The van der Waals surface area contributed by atoms with E-state index in [-0.39, 0.29) is 18.3 Å². The van der Waals surface area contributed by atoms with E-state index < -0.39 is 0 Å². The van der Waals surface area contributed by atoms with Crippen LogP contribution in [0.2, 0.25) is 0 Å². The molecular weight excluding hydrogens is 286 g/mol. The number of rotatable bonds is 8. The van der Waals surface area contributed by atoms with Gasteiger partial charge in [0.1, 0.15) is 0 Å². The highest BCUT2D eigenvalue weighted by Gasteiger charge is 2.11. The number of benzene rings is 1. The highest BCUT2D eigenvalue weighted by Crippen LogP contribution is 2.13. The Morgan fingerprint density at radius 2 is 1.90 bits per heavy atom. The summed E-state index contributed by atoms with van der Waals surface area (Å²) in [6, 6.07) is 8.31. The molecule has 1 aromatic carbocycles. The van der Waals surface area contributed by atoms with Gasteiger partial charge in [-0.3, -0.25) is 9.59 Å². The zero-order valence-electron chi connectivity index (χ0n) is 12.9. The monoisotopic (exact) mass is 309 g/mol. The molecule has 0 aliphatic carbocycles. The molecule has 0 heterocycles. The SMILES string of the molecule is CCOC(=O)CCN(C)C(=O)CSCc1ccc(C)cc1. The van der Waals surface area contributed by atoms with Crippen molar-refractivity contribution in [2.45, 2.75) is 26.0 Å². The number of nitrogens with zero attached hydrogens (tertiary/aromatic N) is 1. The van der Waals surface area contributed by atoms with Crippen molar-refractivity contribution < 1.29 is 14.3 Å². The van der Waals surface area contributed by atoms with Gasteiger partial charge in [-0.1, -0.05) is 29.8 Å².